The van der Waals surface area contributed by atoms with Crippen LogP contribution < -0.4 is 15.8 Å². The molecule has 0 aromatic heterocycles. The number of hydrogen-bond donors (Lipinski definition) is 2. The summed E-state index contributed by atoms with van der Waals surface area (Å²) in [4.78, 5) is 12.1. The number of nitrogens with two attached hydrogens (primary N) is 1. The molecule has 5 nitrogen and oxygen atoms in total. The van der Waals surface area contributed by atoms with E-state index < -0.39 is 0 Å². The average Bonchev–Trinajstić information content (AvgIpc) is 2.56. The van der Waals surface area contributed by atoms with Gasteiger partial charge in [-0.25, -0.2) is 0 Å². The van der Waals surface area contributed by atoms with Gasteiger partial charge in [-0.3, -0.25) is 4.79 Å². The number of amides is 1. The van der Waals surface area contributed by atoms with Crippen LogP contribution in [0, 0.1) is 0 Å². The lowest BCUT2D eigenvalue weighted by atomic mass is 10.0. The lowest BCUT2D eigenvalue weighted by Crippen LogP contribution is -2.20. The van der Waals surface area contributed by atoms with E-state index in [0.29, 0.717) is 24.7 Å². The third kappa shape index (κ3) is 6.58. The van der Waals surface area contributed by atoms with Crippen molar-refractivity contribution in [2.45, 2.75) is 12.5 Å². The van der Waals surface area contributed by atoms with E-state index in [-0.39, 0.29) is 30.8 Å². The molecule has 0 saturated carbocycles. The maximum absolute atomic E-state index is 12.1. The van der Waals surface area contributed by atoms with Crippen LogP contribution in [-0.2, 0) is 9.53 Å². The Bertz CT molecular complexity index is 623. The van der Waals surface area contributed by atoms with Gasteiger partial charge < -0.3 is 20.5 Å². The minimum absolute atomic E-state index is 0. The monoisotopic (exact) mass is 350 g/mol. The lowest BCUT2D eigenvalue weighted by molar-refractivity contribution is -0.116. The van der Waals surface area contributed by atoms with Crippen LogP contribution in [0.25, 0.3) is 0 Å². The Balaban J connectivity index is 0.00000288. The Hall–Kier alpha value is -2.08. The van der Waals surface area contributed by atoms with Crippen LogP contribution in [0.3, 0.4) is 0 Å². The minimum atomic E-state index is -0.322. The first kappa shape index (κ1) is 20.0. The third-order valence-electron chi connectivity index (χ3n) is 3.31. The summed E-state index contributed by atoms with van der Waals surface area (Å²) in [7, 11) is 1.62. The summed E-state index contributed by atoms with van der Waals surface area (Å²) in [5.41, 5.74) is 7.69. The quantitative estimate of drug-likeness (QED) is 0.717. The summed E-state index contributed by atoms with van der Waals surface area (Å²) >= 11 is 0. The van der Waals surface area contributed by atoms with Crippen LogP contribution in [0.1, 0.15) is 18.0 Å². The summed E-state index contributed by atoms with van der Waals surface area (Å²) in [5, 5.41) is 2.84. The van der Waals surface area contributed by atoms with Crippen molar-refractivity contribution in [1.29, 1.82) is 0 Å². The average molecular weight is 351 g/mol. The molecule has 0 radical (unpaired) electrons. The fraction of sp³-hybridized carbons (Fsp3) is 0.278. The van der Waals surface area contributed by atoms with Gasteiger partial charge in [-0.05, 0) is 17.7 Å². The van der Waals surface area contributed by atoms with E-state index in [9.17, 15) is 4.79 Å². The van der Waals surface area contributed by atoms with Gasteiger partial charge in [-0.15, -0.1) is 12.4 Å². The molecule has 0 aliphatic heterocycles. The molecule has 0 fully saturated rings. The molecule has 2 aromatic rings. The van der Waals surface area contributed by atoms with E-state index in [1.165, 1.54) is 0 Å². The highest BCUT2D eigenvalue weighted by Crippen LogP contribution is 2.19. The van der Waals surface area contributed by atoms with Gasteiger partial charge in [0.15, 0.2) is 0 Å². The molecule has 1 unspecified atom stereocenters. The summed E-state index contributed by atoms with van der Waals surface area (Å²) in [6, 6.07) is 16.5. The van der Waals surface area contributed by atoms with E-state index in [1.807, 2.05) is 48.5 Å². The highest BCUT2D eigenvalue weighted by Gasteiger charge is 2.11. The normalized spacial score (nSPS) is 11.2. The van der Waals surface area contributed by atoms with Crippen molar-refractivity contribution >= 4 is 24.0 Å². The molecule has 0 saturated heterocycles. The largest absolute Gasteiger partial charge is 0.491 e. The van der Waals surface area contributed by atoms with Gasteiger partial charge in [0.2, 0.25) is 5.91 Å². The van der Waals surface area contributed by atoms with Gasteiger partial charge in [-0.1, -0.05) is 36.4 Å². The van der Waals surface area contributed by atoms with Crippen LogP contribution >= 0.6 is 12.4 Å². The second-order valence-electron chi connectivity index (χ2n) is 5.14. The van der Waals surface area contributed by atoms with E-state index >= 15 is 0 Å². The van der Waals surface area contributed by atoms with Crippen LogP contribution in [0.15, 0.2) is 54.6 Å². The van der Waals surface area contributed by atoms with Crippen molar-refractivity contribution in [3.05, 3.63) is 60.2 Å². The van der Waals surface area contributed by atoms with E-state index in [2.05, 4.69) is 5.32 Å². The van der Waals surface area contributed by atoms with Crippen molar-refractivity contribution in [2.24, 2.45) is 5.73 Å². The number of methoxy groups -OCH3 is 1. The van der Waals surface area contributed by atoms with Gasteiger partial charge in [0, 0.05) is 31.3 Å². The first-order valence-corrected chi connectivity index (χ1v) is 7.51. The van der Waals surface area contributed by atoms with E-state index in [4.69, 9.17) is 15.2 Å². The second-order valence-corrected chi connectivity index (χ2v) is 5.14. The molecule has 0 aliphatic carbocycles. The predicted molar refractivity (Wildman–Crippen MR) is 97.7 cm³/mol. The van der Waals surface area contributed by atoms with Crippen LogP contribution in [-0.4, -0.2) is 26.2 Å². The number of rotatable bonds is 8. The maximum Gasteiger partial charge on any atom is 0.226 e. The zero-order chi connectivity index (χ0) is 16.5. The summed E-state index contributed by atoms with van der Waals surface area (Å²) in [6.07, 6.45) is 0.221. The minimum Gasteiger partial charge on any atom is -0.491 e. The highest BCUT2D eigenvalue weighted by atomic mass is 35.5. The first-order chi connectivity index (χ1) is 11.2. The number of ether oxygens (including phenoxy) is 2. The van der Waals surface area contributed by atoms with Crippen LogP contribution in [0.2, 0.25) is 0 Å². The van der Waals surface area contributed by atoms with Crippen molar-refractivity contribution in [3.8, 4) is 5.75 Å². The number of anilines is 1. The SMILES string of the molecule is COCCOc1cccc(NC(=O)CC(N)c2ccccc2)c1.Cl. The Kier molecular flexibility index (Phi) is 8.86. The predicted octanol–water partition coefficient (Wildman–Crippen LogP) is 3.16. The molecule has 3 N–H and O–H groups in total. The van der Waals surface area contributed by atoms with Gasteiger partial charge >= 0.3 is 0 Å². The van der Waals surface area contributed by atoms with Crippen molar-refractivity contribution in [1.82, 2.24) is 0 Å². The molecule has 0 aliphatic rings. The Labute approximate surface area is 148 Å². The molecular formula is C18H23ClN2O3. The van der Waals surface area contributed by atoms with E-state index in [1.54, 1.807) is 13.2 Å². The fourth-order valence-corrected chi connectivity index (χ4v) is 2.14. The molecule has 6 heteroatoms. The number of benzene rings is 2. The standard InChI is InChI=1S/C18H22N2O3.ClH/c1-22-10-11-23-16-9-5-8-15(12-16)20-18(21)13-17(19)14-6-3-2-4-7-14;/h2-9,12,17H,10-11,13,19H2,1H3,(H,20,21);1H. The van der Waals surface area contributed by atoms with Gasteiger partial charge in [0.25, 0.3) is 0 Å². The summed E-state index contributed by atoms with van der Waals surface area (Å²) in [5.74, 6) is 0.558. The molecule has 130 valence electrons. The molecule has 0 bridgehead atoms. The van der Waals surface area contributed by atoms with E-state index in [0.717, 1.165) is 5.56 Å². The Morgan fingerprint density at radius 1 is 1.12 bits per heavy atom. The molecule has 1 amide bonds. The number of carbonyl (C=O) groups excluding carboxylic acids is 1. The Morgan fingerprint density at radius 2 is 1.88 bits per heavy atom. The molecular weight excluding hydrogens is 328 g/mol. The van der Waals surface area contributed by atoms with Crippen LogP contribution in [0.4, 0.5) is 5.69 Å². The second kappa shape index (κ2) is 10.6. The lowest BCUT2D eigenvalue weighted by Gasteiger charge is -2.13. The zero-order valence-electron chi connectivity index (χ0n) is 13.6. The highest BCUT2D eigenvalue weighted by molar-refractivity contribution is 5.91. The van der Waals surface area contributed by atoms with Crippen molar-refractivity contribution in [3.63, 3.8) is 0 Å². The molecule has 24 heavy (non-hydrogen) atoms. The Morgan fingerprint density at radius 3 is 2.58 bits per heavy atom. The first-order valence-electron chi connectivity index (χ1n) is 7.51. The van der Waals surface area contributed by atoms with Crippen LogP contribution in [0.5, 0.6) is 5.75 Å². The van der Waals surface area contributed by atoms with Gasteiger partial charge in [-0.2, -0.15) is 0 Å². The number of hydrogen-bond acceptors (Lipinski definition) is 4. The number of halogens is 1. The topological polar surface area (TPSA) is 73.6 Å². The molecule has 0 heterocycles. The molecule has 0 spiro atoms. The third-order valence-corrected chi connectivity index (χ3v) is 3.31. The fourth-order valence-electron chi connectivity index (χ4n) is 2.14. The molecule has 2 aromatic carbocycles. The van der Waals surface area contributed by atoms with Gasteiger partial charge in [0.05, 0.1) is 6.61 Å². The van der Waals surface area contributed by atoms with Crippen molar-refractivity contribution < 1.29 is 14.3 Å². The molecule has 2 rings (SSSR count). The molecule has 1 atom stereocenters. The smallest absolute Gasteiger partial charge is 0.226 e. The van der Waals surface area contributed by atoms with Crippen molar-refractivity contribution in [2.75, 3.05) is 25.6 Å². The zero-order valence-corrected chi connectivity index (χ0v) is 14.4. The summed E-state index contributed by atoms with van der Waals surface area (Å²) < 4.78 is 10.5. The summed E-state index contributed by atoms with van der Waals surface area (Å²) in [6.45, 7) is 0.981. The van der Waals surface area contributed by atoms with Gasteiger partial charge in [0.1, 0.15) is 12.4 Å². The number of carbonyl (C=O) groups is 1. The number of nitrogens with one attached hydrogen (secondary N) is 1. The maximum atomic E-state index is 12.1.